The molecular weight excluding hydrogens is 305 g/mol. The Labute approximate surface area is 141 Å². The Morgan fingerprint density at radius 3 is 2.83 bits per heavy atom. The van der Waals surface area contributed by atoms with Crippen LogP contribution in [-0.4, -0.2) is 30.6 Å². The van der Waals surface area contributed by atoms with E-state index >= 15 is 0 Å². The highest BCUT2D eigenvalue weighted by atomic mass is 19.1. The van der Waals surface area contributed by atoms with Gasteiger partial charge >= 0.3 is 0 Å². The fraction of sp³-hybridized carbons (Fsp3) is 0.300. The second-order valence-electron chi connectivity index (χ2n) is 6.33. The molecule has 4 rings (SSSR count). The van der Waals surface area contributed by atoms with Crippen molar-refractivity contribution in [3.05, 3.63) is 71.7 Å². The van der Waals surface area contributed by atoms with Gasteiger partial charge < -0.3 is 9.47 Å². The second-order valence-corrected chi connectivity index (χ2v) is 6.33. The van der Waals surface area contributed by atoms with Crippen LogP contribution in [0.5, 0.6) is 5.75 Å². The molecule has 2 aromatic carbocycles. The lowest BCUT2D eigenvalue weighted by molar-refractivity contribution is 0.203. The summed E-state index contributed by atoms with van der Waals surface area (Å²) in [6.45, 7) is 3.37. The van der Waals surface area contributed by atoms with Gasteiger partial charge in [-0.15, -0.1) is 0 Å². The van der Waals surface area contributed by atoms with Crippen LogP contribution in [0.3, 0.4) is 0 Å². The highest BCUT2D eigenvalue weighted by molar-refractivity contribution is 5.69. The maximum absolute atomic E-state index is 13.0. The van der Waals surface area contributed by atoms with E-state index in [4.69, 9.17) is 9.47 Å². The topological polar surface area (TPSA) is 21.7 Å². The molecule has 0 unspecified atom stereocenters. The Bertz CT molecular complexity index is 742. The predicted molar refractivity (Wildman–Crippen MR) is 91.1 cm³/mol. The average Bonchev–Trinajstić information content (AvgIpc) is 3.04. The van der Waals surface area contributed by atoms with Gasteiger partial charge in [0.15, 0.2) is 0 Å². The molecule has 0 N–H and O–H groups in total. The summed E-state index contributed by atoms with van der Waals surface area (Å²) in [5, 5.41) is 0. The molecule has 0 aliphatic carbocycles. The number of halogens is 1. The van der Waals surface area contributed by atoms with Gasteiger partial charge in [-0.05, 0) is 41.8 Å². The third kappa shape index (κ3) is 3.29. The largest absolute Gasteiger partial charge is 0.496 e. The summed E-state index contributed by atoms with van der Waals surface area (Å²) in [4.78, 5) is 2.38. The van der Waals surface area contributed by atoms with Gasteiger partial charge in [-0.2, -0.15) is 0 Å². The van der Waals surface area contributed by atoms with E-state index in [9.17, 15) is 4.39 Å². The highest BCUT2D eigenvalue weighted by Gasteiger charge is 2.26. The molecule has 4 heteroatoms. The predicted octanol–water partition coefficient (Wildman–Crippen LogP) is 3.85. The molecule has 0 radical (unpaired) electrons. The summed E-state index contributed by atoms with van der Waals surface area (Å²) in [5.74, 6) is 0.493. The molecule has 2 aromatic rings. The molecule has 2 aliphatic rings. The highest BCUT2D eigenvalue weighted by Crippen LogP contribution is 2.27. The lowest BCUT2D eigenvalue weighted by Crippen LogP contribution is -2.27. The molecule has 1 atom stereocenters. The van der Waals surface area contributed by atoms with Crippen molar-refractivity contribution in [3.8, 4) is 5.75 Å². The average molecular weight is 325 g/mol. The van der Waals surface area contributed by atoms with Crippen molar-refractivity contribution in [2.45, 2.75) is 19.1 Å². The normalized spacial score (nSPS) is 20.2. The molecule has 1 saturated heterocycles. The van der Waals surface area contributed by atoms with E-state index in [2.05, 4.69) is 23.1 Å². The Kier molecular flexibility index (Phi) is 4.22. The molecule has 1 fully saturated rings. The Hall–Kier alpha value is -2.33. The van der Waals surface area contributed by atoms with Gasteiger partial charge in [0, 0.05) is 25.2 Å². The maximum Gasteiger partial charge on any atom is 0.123 e. The summed E-state index contributed by atoms with van der Waals surface area (Å²) in [5.41, 5.74) is 3.75. The van der Waals surface area contributed by atoms with Crippen LogP contribution in [-0.2, 0) is 11.3 Å². The van der Waals surface area contributed by atoms with E-state index in [0.29, 0.717) is 6.61 Å². The van der Waals surface area contributed by atoms with Crippen LogP contribution in [0.25, 0.3) is 5.57 Å². The van der Waals surface area contributed by atoms with E-state index in [-0.39, 0.29) is 11.9 Å². The molecule has 0 saturated carbocycles. The minimum atomic E-state index is -0.238. The standard InChI is InChI=1S/C20H20FNO2/c21-17-5-7-18(8-6-17)24-19-9-10-22(12-19)11-16-14-23-13-15-3-1-2-4-20(15)16/h1-8,14,19H,9-13H2/t19-/m1/s1. The van der Waals surface area contributed by atoms with Crippen LogP contribution < -0.4 is 4.74 Å². The van der Waals surface area contributed by atoms with Crippen molar-refractivity contribution < 1.29 is 13.9 Å². The number of benzene rings is 2. The van der Waals surface area contributed by atoms with Gasteiger partial charge in [0.25, 0.3) is 0 Å². The van der Waals surface area contributed by atoms with Crippen LogP contribution in [0.4, 0.5) is 4.39 Å². The molecule has 24 heavy (non-hydrogen) atoms. The first-order valence-corrected chi connectivity index (χ1v) is 8.31. The van der Waals surface area contributed by atoms with E-state index in [1.165, 1.54) is 28.8 Å². The molecule has 0 aromatic heterocycles. The van der Waals surface area contributed by atoms with Gasteiger partial charge in [0.1, 0.15) is 24.3 Å². The Balaban J connectivity index is 1.37. The molecule has 2 aliphatic heterocycles. The van der Waals surface area contributed by atoms with E-state index in [1.54, 1.807) is 12.1 Å². The van der Waals surface area contributed by atoms with E-state index in [1.807, 2.05) is 12.3 Å². The number of hydrogen-bond donors (Lipinski definition) is 0. The number of nitrogens with zero attached hydrogens (tertiary/aromatic N) is 1. The fourth-order valence-electron chi connectivity index (χ4n) is 3.36. The van der Waals surface area contributed by atoms with E-state index in [0.717, 1.165) is 31.8 Å². The monoisotopic (exact) mass is 325 g/mol. The SMILES string of the molecule is Fc1ccc(O[C@@H]2CCN(CC3=COCc4ccccc43)C2)cc1. The van der Waals surface area contributed by atoms with Gasteiger partial charge in [-0.25, -0.2) is 4.39 Å². The first-order chi connectivity index (χ1) is 11.8. The zero-order valence-electron chi connectivity index (χ0n) is 13.5. The molecule has 0 spiro atoms. The Morgan fingerprint density at radius 2 is 1.96 bits per heavy atom. The van der Waals surface area contributed by atoms with Crippen molar-refractivity contribution >= 4 is 5.57 Å². The van der Waals surface area contributed by atoms with Gasteiger partial charge in [0.05, 0.1) is 6.26 Å². The van der Waals surface area contributed by atoms with Gasteiger partial charge in [0.2, 0.25) is 0 Å². The minimum Gasteiger partial charge on any atom is -0.496 e. The Morgan fingerprint density at radius 1 is 1.12 bits per heavy atom. The zero-order chi connectivity index (χ0) is 16.4. The summed E-state index contributed by atoms with van der Waals surface area (Å²) in [7, 11) is 0. The van der Waals surface area contributed by atoms with Crippen LogP contribution >= 0.6 is 0 Å². The van der Waals surface area contributed by atoms with Crippen LogP contribution in [0, 0.1) is 5.82 Å². The molecule has 3 nitrogen and oxygen atoms in total. The molecular formula is C20H20FNO2. The van der Waals surface area contributed by atoms with Gasteiger partial charge in [-0.1, -0.05) is 24.3 Å². The summed E-state index contributed by atoms with van der Waals surface area (Å²) in [6.07, 6.45) is 3.01. The van der Waals surface area contributed by atoms with Crippen molar-refractivity contribution in [1.82, 2.24) is 4.90 Å². The van der Waals surface area contributed by atoms with Crippen molar-refractivity contribution in [2.24, 2.45) is 0 Å². The van der Waals surface area contributed by atoms with Crippen molar-refractivity contribution in [1.29, 1.82) is 0 Å². The maximum atomic E-state index is 13.0. The summed E-state index contributed by atoms with van der Waals surface area (Å²) in [6, 6.07) is 14.6. The summed E-state index contributed by atoms with van der Waals surface area (Å²) < 4.78 is 24.5. The van der Waals surface area contributed by atoms with E-state index < -0.39 is 0 Å². The third-order valence-electron chi connectivity index (χ3n) is 4.57. The quantitative estimate of drug-likeness (QED) is 0.852. The number of rotatable bonds is 4. The van der Waals surface area contributed by atoms with Crippen LogP contribution in [0.1, 0.15) is 17.5 Å². The number of likely N-dealkylation sites (tertiary alicyclic amines) is 1. The fourth-order valence-corrected chi connectivity index (χ4v) is 3.36. The first-order valence-electron chi connectivity index (χ1n) is 8.31. The zero-order valence-corrected chi connectivity index (χ0v) is 13.5. The second kappa shape index (κ2) is 6.65. The van der Waals surface area contributed by atoms with Crippen LogP contribution in [0.15, 0.2) is 54.8 Å². The molecule has 2 heterocycles. The van der Waals surface area contributed by atoms with Crippen molar-refractivity contribution in [3.63, 3.8) is 0 Å². The number of ether oxygens (including phenoxy) is 2. The lowest BCUT2D eigenvalue weighted by Gasteiger charge is -2.23. The third-order valence-corrected chi connectivity index (χ3v) is 4.57. The van der Waals surface area contributed by atoms with Crippen LogP contribution in [0.2, 0.25) is 0 Å². The lowest BCUT2D eigenvalue weighted by atomic mass is 9.99. The number of hydrogen-bond acceptors (Lipinski definition) is 3. The minimum absolute atomic E-state index is 0.149. The molecule has 0 bridgehead atoms. The smallest absolute Gasteiger partial charge is 0.123 e. The first kappa shape index (κ1) is 15.2. The van der Waals surface area contributed by atoms with Gasteiger partial charge in [-0.3, -0.25) is 4.90 Å². The van der Waals surface area contributed by atoms with Crippen molar-refractivity contribution in [2.75, 3.05) is 19.6 Å². The summed E-state index contributed by atoms with van der Waals surface area (Å²) >= 11 is 0. The molecule has 0 amide bonds. The molecule has 124 valence electrons. The number of fused-ring (bicyclic) bond motifs is 1.